The first-order valence-electron chi connectivity index (χ1n) is 6.20. The maximum atomic E-state index is 11.9. The Bertz CT molecular complexity index is 500. The molecule has 0 bridgehead atoms. The number of aliphatic carboxylic acids is 1. The summed E-state index contributed by atoms with van der Waals surface area (Å²) >= 11 is 0. The Morgan fingerprint density at radius 2 is 2.11 bits per heavy atom. The number of hydrogen-bond donors (Lipinski definition) is 2. The van der Waals surface area contributed by atoms with Crippen molar-refractivity contribution in [3.8, 4) is 5.75 Å². The number of benzene rings is 1. The predicted octanol–water partition coefficient (Wildman–Crippen LogP) is 1.39. The highest BCUT2D eigenvalue weighted by atomic mass is 16.5. The smallest absolute Gasteiger partial charge is 0.325 e. The van der Waals surface area contributed by atoms with Crippen LogP contribution in [0, 0.1) is 5.92 Å². The van der Waals surface area contributed by atoms with Crippen LogP contribution in [0.15, 0.2) is 24.3 Å². The van der Waals surface area contributed by atoms with Crippen LogP contribution in [0.1, 0.15) is 24.8 Å². The molecule has 1 aliphatic rings. The molecule has 102 valence electrons. The minimum atomic E-state index is -1.03. The van der Waals surface area contributed by atoms with Crippen LogP contribution in [0.2, 0.25) is 0 Å². The Labute approximate surface area is 111 Å². The van der Waals surface area contributed by atoms with E-state index in [9.17, 15) is 9.59 Å². The minimum absolute atomic E-state index is 0.122. The molecule has 3 atom stereocenters. The molecule has 0 saturated heterocycles. The molecule has 0 heterocycles. The molecular weight excluding hydrogens is 246 g/mol. The van der Waals surface area contributed by atoms with E-state index in [1.807, 2.05) is 24.3 Å². The van der Waals surface area contributed by atoms with Gasteiger partial charge in [-0.15, -0.1) is 0 Å². The number of ether oxygens (including phenoxy) is 1. The Hall–Kier alpha value is -2.04. The van der Waals surface area contributed by atoms with Gasteiger partial charge in [0.25, 0.3) is 0 Å². The van der Waals surface area contributed by atoms with Crippen LogP contribution in [-0.4, -0.2) is 30.1 Å². The molecule has 5 nitrogen and oxygen atoms in total. The van der Waals surface area contributed by atoms with Gasteiger partial charge in [0.1, 0.15) is 11.8 Å². The predicted molar refractivity (Wildman–Crippen MR) is 69.1 cm³/mol. The standard InChI is InChI=1S/C14H17NO4/c1-8(14(17)18)15-13(16)11-7-10(11)9-5-3-4-6-12(9)19-2/h3-6,8,10-11H,7H2,1-2H3,(H,15,16)(H,17,18)/t8-,10?,11?/m1/s1. The van der Waals surface area contributed by atoms with E-state index >= 15 is 0 Å². The SMILES string of the molecule is COc1ccccc1C1CC1C(=O)N[C@H](C)C(=O)O. The van der Waals surface area contributed by atoms with Gasteiger partial charge in [-0.1, -0.05) is 18.2 Å². The number of carboxylic acid groups (broad SMARTS) is 1. The average Bonchev–Trinajstić information content (AvgIpc) is 3.18. The van der Waals surface area contributed by atoms with Crippen molar-refractivity contribution < 1.29 is 19.4 Å². The van der Waals surface area contributed by atoms with E-state index in [1.54, 1.807) is 7.11 Å². The van der Waals surface area contributed by atoms with Crippen LogP contribution in [0.3, 0.4) is 0 Å². The fraction of sp³-hybridized carbons (Fsp3) is 0.429. The van der Waals surface area contributed by atoms with Crippen LogP contribution in [0.25, 0.3) is 0 Å². The molecule has 2 N–H and O–H groups in total. The summed E-state index contributed by atoms with van der Waals surface area (Å²) < 4.78 is 5.27. The number of hydrogen-bond acceptors (Lipinski definition) is 3. The molecule has 0 spiro atoms. The zero-order valence-corrected chi connectivity index (χ0v) is 10.9. The van der Waals surface area contributed by atoms with Gasteiger partial charge in [0.2, 0.25) is 5.91 Å². The van der Waals surface area contributed by atoms with Crippen molar-refractivity contribution in [3.05, 3.63) is 29.8 Å². The normalized spacial score (nSPS) is 22.4. The lowest BCUT2D eigenvalue weighted by Gasteiger charge is -2.10. The van der Waals surface area contributed by atoms with E-state index in [2.05, 4.69) is 5.32 Å². The fourth-order valence-electron chi connectivity index (χ4n) is 2.18. The second kappa shape index (κ2) is 5.30. The highest BCUT2D eigenvalue weighted by Crippen LogP contribution is 2.50. The summed E-state index contributed by atoms with van der Waals surface area (Å²) in [6.07, 6.45) is 0.735. The molecule has 0 radical (unpaired) electrons. The monoisotopic (exact) mass is 263 g/mol. The minimum Gasteiger partial charge on any atom is -0.496 e. The molecule has 0 aromatic heterocycles. The molecule has 0 aliphatic heterocycles. The third-order valence-corrected chi connectivity index (χ3v) is 3.39. The highest BCUT2D eigenvalue weighted by molar-refractivity contribution is 5.87. The molecule has 1 saturated carbocycles. The van der Waals surface area contributed by atoms with E-state index in [-0.39, 0.29) is 17.7 Å². The van der Waals surface area contributed by atoms with E-state index < -0.39 is 12.0 Å². The van der Waals surface area contributed by atoms with E-state index in [4.69, 9.17) is 9.84 Å². The highest BCUT2D eigenvalue weighted by Gasteiger charge is 2.45. The Kier molecular flexibility index (Phi) is 3.74. The number of carboxylic acids is 1. The summed E-state index contributed by atoms with van der Waals surface area (Å²) in [6.45, 7) is 1.46. The number of amides is 1. The molecule has 5 heteroatoms. The van der Waals surface area contributed by atoms with E-state index in [0.29, 0.717) is 0 Å². The first-order valence-corrected chi connectivity index (χ1v) is 6.20. The summed E-state index contributed by atoms with van der Waals surface area (Å²) in [4.78, 5) is 22.6. The van der Waals surface area contributed by atoms with Gasteiger partial charge in [-0.25, -0.2) is 0 Å². The third kappa shape index (κ3) is 2.86. The summed E-state index contributed by atoms with van der Waals surface area (Å²) in [7, 11) is 1.60. The molecule has 1 fully saturated rings. The number of para-hydroxylation sites is 1. The Morgan fingerprint density at radius 3 is 2.74 bits per heavy atom. The van der Waals surface area contributed by atoms with Crippen LogP contribution in [-0.2, 0) is 9.59 Å². The summed E-state index contributed by atoms with van der Waals surface area (Å²) in [5.41, 5.74) is 1.01. The maximum Gasteiger partial charge on any atom is 0.325 e. The largest absolute Gasteiger partial charge is 0.496 e. The molecule has 2 unspecified atom stereocenters. The average molecular weight is 263 g/mol. The Balaban J connectivity index is 2.00. The quantitative estimate of drug-likeness (QED) is 0.841. The lowest BCUT2D eigenvalue weighted by Crippen LogP contribution is -2.39. The van der Waals surface area contributed by atoms with Gasteiger partial charge in [0.05, 0.1) is 7.11 Å². The number of carbonyl (C=O) groups is 2. The number of nitrogens with one attached hydrogen (secondary N) is 1. The van der Waals surface area contributed by atoms with Crippen molar-refractivity contribution >= 4 is 11.9 Å². The second-order valence-electron chi connectivity index (χ2n) is 4.76. The molecular formula is C14H17NO4. The van der Waals surface area contributed by atoms with Gasteiger partial charge >= 0.3 is 5.97 Å². The number of rotatable bonds is 5. The second-order valence-corrected chi connectivity index (χ2v) is 4.76. The van der Waals surface area contributed by atoms with E-state index in [1.165, 1.54) is 6.92 Å². The molecule has 2 rings (SSSR count). The Morgan fingerprint density at radius 1 is 1.42 bits per heavy atom. The van der Waals surface area contributed by atoms with Crippen molar-refractivity contribution in [1.29, 1.82) is 0 Å². The number of methoxy groups -OCH3 is 1. The van der Waals surface area contributed by atoms with Crippen molar-refractivity contribution in [2.24, 2.45) is 5.92 Å². The summed E-state index contributed by atoms with van der Waals surface area (Å²) in [5.74, 6) is -0.488. The lowest BCUT2D eigenvalue weighted by molar-refractivity contribution is -0.141. The fourth-order valence-corrected chi connectivity index (χ4v) is 2.18. The van der Waals surface area contributed by atoms with Gasteiger partial charge in [-0.05, 0) is 30.9 Å². The topological polar surface area (TPSA) is 75.6 Å². The zero-order valence-electron chi connectivity index (χ0n) is 10.9. The maximum absolute atomic E-state index is 11.9. The van der Waals surface area contributed by atoms with Gasteiger partial charge < -0.3 is 15.2 Å². The van der Waals surface area contributed by atoms with Crippen LogP contribution >= 0.6 is 0 Å². The third-order valence-electron chi connectivity index (χ3n) is 3.39. The summed E-state index contributed by atoms with van der Waals surface area (Å²) in [5, 5.41) is 11.3. The number of carbonyl (C=O) groups excluding carboxylic acids is 1. The lowest BCUT2D eigenvalue weighted by atomic mass is 10.1. The molecule has 19 heavy (non-hydrogen) atoms. The van der Waals surface area contributed by atoms with Gasteiger partial charge in [0.15, 0.2) is 0 Å². The molecule has 1 aromatic rings. The van der Waals surface area contributed by atoms with Gasteiger partial charge in [-0.2, -0.15) is 0 Å². The molecule has 1 aliphatic carbocycles. The van der Waals surface area contributed by atoms with Crippen molar-refractivity contribution in [1.82, 2.24) is 5.32 Å². The van der Waals surface area contributed by atoms with Crippen LogP contribution < -0.4 is 10.1 Å². The molecule has 1 aromatic carbocycles. The van der Waals surface area contributed by atoms with Crippen molar-refractivity contribution in [3.63, 3.8) is 0 Å². The van der Waals surface area contributed by atoms with Crippen molar-refractivity contribution in [2.75, 3.05) is 7.11 Å². The summed E-state index contributed by atoms with van der Waals surface area (Å²) in [6, 6.07) is 6.74. The zero-order chi connectivity index (χ0) is 14.0. The first kappa shape index (κ1) is 13.4. The van der Waals surface area contributed by atoms with Crippen LogP contribution in [0.4, 0.5) is 0 Å². The van der Waals surface area contributed by atoms with Crippen LogP contribution in [0.5, 0.6) is 5.75 Å². The van der Waals surface area contributed by atoms with Gasteiger partial charge in [0, 0.05) is 5.92 Å². The first-order chi connectivity index (χ1) is 9.04. The van der Waals surface area contributed by atoms with E-state index in [0.717, 1.165) is 17.7 Å². The molecule has 1 amide bonds. The van der Waals surface area contributed by atoms with Crippen molar-refractivity contribution in [2.45, 2.75) is 25.3 Å². The van der Waals surface area contributed by atoms with Gasteiger partial charge in [-0.3, -0.25) is 9.59 Å².